The van der Waals surface area contributed by atoms with Crippen molar-refractivity contribution in [2.45, 2.75) is 5.41 Å². The van der Waals surface area contributed by atoms with Crippen molar-refractivity contribution in [3.8, 4) is 22.1 Å². The summed E-state index contributed by atoms with van der Waals surface area (Å²) in [7, 11) is 0. The third kappa shape index (κ3) is 4.59. The van der Waals surface area contributed by atoms with Gasteiger partial charge in [0.25, 0.3) is 0 Å². The summed E-state index contributed by atoms with van der Waals surface area (Å²) >= 11 is 1.69. The number of fused-ring (bicyclic) bond motifs is 3. The average molecular weight is 636 g/mol. The van der Waals surface area contributed by atoms with Crippen molar-refractivity contribution in [2.24, 2.45) is 0 Å². The minimum Gasteiger partial charge on any atom is -0.457 e. The van der Waals surface area contributed by atoms with Gasteiger partial charge in [-0.15, -0.1) is 11.3 Å². The Bertz CT molecular complexity index is 2320. The minimum absolute atomic E-state index is 0.706. The number of para-hydroxylation sites is 4. The van der Waals surface area contributed by atoms with Crippen LogP contribution in [0.3, 0.4) is 0 Å². The molecule has 0 atom stereocenters. The molecule has 1 aliphatic heterocycles. The van der Waals surface area contributed by atoms with Crippen molar-refractivity contribution >= 4 is 38.6 Å². The van der Waals surface area contributed by atoms with E-state index in [2.05, 4.69) is 144 Å². The topological polar surface area (TPSA) is 38.2 Å². The number of benzene rings is 6. The molecule has 9 rings (SSSR count). The van der Waals surface area contributed by atoms with Gasteiger partial charge in [0, 0.05) is 17.4 Å². The summed E-state index contributed by atoms with van der Waals surface area (Å²) in [4.78, 5) is 12.3. The third-order valence-corrected chi connectivity index (χ3v) is 10.1. The lowest BCUT2D eigenvalue weighted by Crippen LogP contribution is -2.38. The van der Waals surface area contributed by atoms with E-state index in [0.29, 0.717) is 0 Å². The summed E-state index contributed by atoms with van der Waals surface area (Å²) in [6, 6.07) is 59.1. The predicted octanol–water partition coefficient (Wildman–Crippen LogP) is 11.3. The number of hydrogen-bond donors (Lipinski definition) is 0. The Hall–Kier alpha value is -6.04. The molecular formula is C43H29N3OS. The van der Waals surface area contributed by atoms with Crippen LogP contribution in [0.1, 0.15) is 22.4 Å². The summed E-state index contributed by atoms with van der Waals surface area (Å²) in [5.41, 5.74) is 9.01. The van der Waals surface area contributed by atoms with E-state index in [1.807, 2.05) is 36.5 Å². The van der Waals surface area contributed by atoms with Gasteiger partial charge >= 0.3 is 0 Å². The van der Waals surface area contributed by atoms with E-state index in [0.717, 1.165) is 67.0 Å². The molecule has 0 N–H and O–H groups in total. The van der Waals surface area contributed by atoms with Gasteiger partial charge in [0.05, 0.1) is 32.7 Å². The molecule has 3 heterocycles. The molecule has 228 valence electrons. The SMILES string of the molecule is c1ccc(N2c3ccccc3C(c3cccc(Oc4cccc(-c5nc6ccccc6s5)c4)c3)(c3ccccn3)c3ccccc32)cc1. The predicted molar refractivity (Wildman–Crippen MR) is 196 cm³/mol. The van der Waals surface area contributed by atoms with Crippen molar-refractivity contribution < 1.29 is 4.74 Å². The normalized spacial score (nSPS) is 13.1. The smallest absolute Gasteiger partial charge is 0.128 e. The summed E-state index contributed by atoms with van der Waals surface area (Å²) in [6.45, 7) is 0. The number of thiazole rings is 1. The van der Waals surface area contributed by atoms with Crippen LogP contribution in [-0.4, -0.2) is 9.97 Å². The third-order valence-electron chi connectivity index (χ3n) is 9.04. The molecule has 2 aromatic heterocycles. The van der Waals surface area contributed by atoms with Crippen LogP contribution < -0.4 is 9.64 Å². The first kappa shape index (κ1) is 28.2. The zero-order chi connectivity index (χ0) is 31.9. The lowest BCUT2D eigenvalue weighted by atomic mass is 9.64. The Balaban J connectivity index is 1.21. The lowest BCUT2D eigenvalue weighted by Gasteiger charge is -2.45. The first-order valence-electron chi connectivity index (χ1n) is 16.0. The van der Waals surface area contributed by atoms with Crippen molar-refractivity contribution in [1.29, 1.82) is 0 Å². The van der Waals surface area contributed by atoms with Gasteiger partial charge in [-0.1, -0.05) is 97.1 Å². The summed E-state index contributed by atoms with van der Waals surface area (Å²) in [6.07, 6.45) is 1.89. The second kappa shape index (κ2) is 11.6. The minimum atomic E-state index is -0.706. The largest absolute Gasteiger partial charge is 0.457 e. The quantitative estimate of drug-likeness (QED) is 0.182. The lowest BCUT2D eigenvalue weighted by molar-refractivity contribution is 0.481. The number of aromatic nitrogens is 2. The van der Waals surface area contributed by atoms with Crippen molar-refractivity contribution in [1.82, 2.24) is 9.97 Å². The van der Waals surface area contributed by atoms with E-state index in [-0.39, 0.29) is 0 Å². The molecule has 0 saturated heterocycles. The van der Waals surface area contributed by atoms with Crippen LogP contribution in [0.15, 0.2) is 176 Å². The Labute approximate surface area is 283 Å². The molecule has 0 amide bonds. The summed E-state index contributed by atoms with van der Waals surface area (Å²) in [5.74, 6) is 1.51. The molecule has 0 radical (unpaired) electrons. The monoisotopic (exact) mass is 635 g/mol. The highest BCUT2D eigenvalue weighted by Gasteiger charge is 2.47. The van der Waals surface area contributed by atoms with Gasteiger partial charge in [0.2, 0.25) is 0 Å². The fourth-order valence-electron chi connectivity index (χ4n) is 7.04. The fourth-order valence-corrected chi connectivity index (χ4v) is 8.00. The Morgan fingerprint density at radius 1 is 0.562 bits per heavy atom. The van der Waals surface area contributed by atoms with Gasteiger partial charge in [-0.2, -0.15) is 0 Å². The molecule has 0 aliphatic carbocycles. The molecule has 8 aromatic rings. The second-order valence-electron chi connectivity index (χ2n) is 11.8. The number of anilines is 3. The average Bonchev–Trinajstić information content (AvgIpc) is 3.60. The van der Waals surface area contributed by atoms with Crippen LogP contribution in [0.4, 0.5) is 17.1 Å². The molecule has 6 aromatic carbocycles. The van der Waals surface area contributed by atoms with Crippen molar-refractivity contribution in [3.63, 3.8) is 0 Å². The van der Waals surface area contributed by atoms with Crippen LogP contribution >= 0.6 is 11.3 Å². The van der Waals surface area contributed by atoms with Gasteiger partial charge in [0.15, 0.2) is 0 Å². The standard InChI is InChI=1S/C43H29N3OS/c1-2-16-32(17-3-1)46-38-23-7-4-20-35(38)43(41-26-10-11-27-44-41,36-21-5-8-24-39(36)46)31-15-13-19-34(29-31)47-33-18-12-14-30(28-33)42-45-37-22-6-9-25-40(37)48-42/h1-29H. The van der Waals surface area contributed by atoms with E-state index in [4.69, 9.17) is 14.7 Å². The van der Waals surface area contributed by atoms with Gasteiger partial charge in [0.1, 0.15) is 16.5 Å². The van der Waals surface area contributed by atoms with Crippen molar-refractivity contribution in [2.75, 3.05) is 4.90 Å². The molecule has 48 heavy (non-hydrogen) atoms. The summed E-state index contributed by atoms with van der Waals surface area (Å²) < 4.78 is 7.81. The fraction of sp³-hybridized carbons (Fsp3) is 0.0233. The Morgan fingerprint density at radius 3 is 1.98 bits per heavy atom. The van der Waals surface area contributed by atoms with E-state index >= 15 is 0 Å². The molecular weight excluding hydrogens is 607 g/mol. The van der Waals surface area contributed by atoms with Gasteiger partial charge in [-0.25, -0.2) is 4.98 Å². The molecule has 5 heteroatoms. The second-order valence-corrected chi connectivity index (χ2v) is 12.8. The molecule has 1 aliphatic rings. The highest BCUT2D eigenvalue weighted by atomic mass is 32.1. The molecule has 0 unspecified atom stereocenters. The molecule has 0 spiro atoms. The van der Waals surface area contributed by atoms with Crippen LogP contribution in [0, 0.1) is 0 Å². The van der Waals surface area contributed by atoms with Crippen molar-refractivity contribution in [3.05, 3.63) is 198 Å². The number of nitrogens with zero attached hydrogens (tertiary/aromatic N) is 3. The van der Waals surface area contributed by atoms with E-state index < -0.39 is 5.41 Å². The van der Waals surface area contributed by atoms with Crippen LogP contribution in [0.25, 0.3) is 20.8 Å². The number of rotatable bonds is 6. The zero-order valence-electron chi connectivity index (χ0n) is 25.9. The van der Waals surface area contributed by atoms with E-state index in [1.165, 1.54) is 4.70 Å². The maximum Gasteiger partial charge on any atom is 0.128 e. The van der Waals surface area contributed by atoms with E-state index in [9.17, 15) is 0 Å². The van der Waals surface area contributed by atoms with Gasteiger partial charge in [-0.3, -0.25) is 4.98 Å². The number of hydrogen-bond acceptors (Lipinski definition) is 5. The highest BCUT2D eigenvalue weighted by Crippen LogP contribution is 2.57. The maximum atomic E-state index is 6.64. The van der Waals surface area contributed by atoms with Crippen LogP contribution in [0.2, 0.25) is 0 Å². The summed E-state index contributed by atoms with van der Waals surface area (Å²) in [5, 5.41) is 0.975. The van der Waals surface area contributed by atoms with E-state index in [1.54, 1.807) is 11.3 Å². The Morgan fingerprint density at radius 2 is 1.23 bits per heavy atom. The molecule has 0 saturated carbocycles. The molecule has 0 bridgehead atoms. The highest BCUT2D eigenvalue weighted by molar-refractivity contribution is 7.21. The van der Waals surface area contributed by atoms with Crippen LogP contribution in [-0.2, 0) is 5.41 Å². The Kier molecular flexibility index (Phi) is 6.84. The first-order valence-corrected chi connectivity index (χ1v) is 16.8. The molecule has 0 fully saturated rings. The number of ether oxygens (including phenoxy) is 1. The molecule has 4 nitrogen and oxygen atoms in total. The first-order chi connectivity index (χ1) is 23.8. The number of pyridine rings is 1. The van der Waals surface area contributed by atoms with Gasteiger partial charge < -0.3 is 9.64 Å². The maximum absolute atomic E-state index is 6.64. The van der Waals surface area contributed by atoms with Gasteiger partial charge in [-0.05, 0) is 89.5 Å². The zero-order valence-corrected chi connectivity index (χ0v) is 26.7. The van der Waals surface area contributed by atoms with Crippen LogP contribution in [0.5, 0.6) is 11.5 Å².